The number of ether oxygens (including phenoxy) is 1. The van der Waals surface area contributed by atoms with E-state index in [9.17, 15) is 8.42 Å². The molecule has 0 fully saturated rings. The molecule has 0 aliphatic carbocycles. The van der Waals surface area contributed by atoms with Crippen LogP contribution in [-0.4, -0.2) is 29.4 Å². The van der Waals surface area contributed by atoms with E-state index in [-0.39, 0.29) is 10.8 Å². The van der Waals surface area contributed by atoms with Crippen molar-refractivity contribution in [1.29, 1.82) is 0 Å². The Balaban J connectivity index is 2.14. The molecular weight excluding hydrogens is 350 g/mol. The monoisotopic (exact) mass is 373 g/mol. The average molecular weight is 373 g/mol. The van der Waals surface area contributed by atoms with Gasteiger partial charge in [-0.05, 0) is 42.2 Å². The summed E-state index contributed by atoms with van der Waals surface area (Å²) in [5.41, 5.74) is 1.90. The van der Waals surface area contributed by atoms with Gasteiger partial charge < -0.3 is 4.74 Å². The maximum atomic E-state index is 13.3. The van der Waals surface area contributed by atoms with Gasteiger partial charge in [-0.1, -0.05) is 50.6 Å². The van der Waals surface area contributed by atoms with E-state index in [4.69, 9.17) is 4.74 Å². The van der Waals surface area contributed by atoms with Gasteiger partial charge in [0, 0.05) is 0 Å². The van der Waals surface area contributed by atoms with Gasteiger partial charge in [0.25, 0.3) is 10.0 Å². The van der Waals surface area contributed by atoms with Crippen molar-refractivity contribution in [3.8, 4) is 5.75 Å². The molecule has 0 N–H and O–H groups in total. The lowest BCUT2D eigenvalue weighted by molar-refractivity contribution is 0.301. The minimum absolute atomic E-state index is 0.121. The Bertz CT molecular complexity index is 1010. The molecule has 0 bridgehead atoms. The van der Waals surface area contributed by atoms with Gasteiger partial charge in [-0.15, -0.1) is 9.19 Å². The van der Waals surface area contributed by atoms with Crippen molar-refractivity contribution in [1.82, 2.24) is 14.4 Å². The number of unbranched alkanes of at least 4 members (excludes halogenated alkanes) is 1. The molecule has 0 unspecified atom stereocenters. The lowest BCUT2D eigenvalue weighted by Gasteiger charge is -2.15. The van der Waals surface area contributed by atoms with Gasteiger partial charge >= 0.3 is 0 Å². The summed E-state index contributed by atoms with van der Waals surface area (Å²) < 4.78 is 33.4. The zero-order chi connectivity index (χ0) is 18.7. The zero-order valence-electron chi connectivity index (χ0n) is 15.2. The van der Waals surface area contributed by atoms with Crippen LogP contribution in [0.15, 0.2) is 47.4 Å². The second-order valence-corrected chi connectivity index (χ2v) is 8.22. The summed E-state index contributed by atoms with van der Waals surface area (Å²) in [4.78, 5) is 0.121. The summed E-state index contributed by atoms with van der Waals surface area (Å²) in [5, 5.41) is 7.84. The highest BCUT2D eigenvalue weighted by Crippen LogP contribution is 2.31. The number of hydrogen-bond donors (Lipinski definition) is 0. The maximum absolute atomic E-state index is 13.3. The third-order valence-electron chi connectivity index (χ3n) is 4.22. The first-order valence-electron chi connectivity index (χ1n) is 8.78. The summed E-state index contributed by atoms with van der Waals surface area (Å²) >= 11 is 0. The van der Waals surface area contributed by atoms with Crippen LogP contribution in [0.4, 0.5) is 0 Å². The molecule has 0 saturated heterocycles. The molecule has 0 aliphatic rings. The Morgan fingerprint density at radius 1 is 1.15 bits per heavy atom. The predicted molar refractivity (Wildman–Crippen MR) is 101 cm³/mol. The molecule has 6 nitrogen and oxygen atoms in total. The number of para-hydroxylation sites is 1. The Hall–Kier alpha value is -2.41. The Kier molecular flexibility index (Phi) is 5.27. The summed E-state index contributed by atoms with van der Waals surface area (Å²) in [7, 11) is -3.93. The molecule has 0 saturated carbocycles. The van der Waals surface area contributed by atoms with Crippen molar-refractivity contribution in [3.05, 3.63) is 48.0 Å². The van der Waals surface area contributed by atoms with E-state index < -0.39 is 10.0 Å². The Morgan fingerprint density at radius 2 is 1.92 bits per heavy atom. The van der Waals surface area contributed by atoms with Crippen LogP contribution < -0.4 is 4.74 Å². The minimum Gasteiger partial charge on any atom is -0.492 e. The summed E-state index contributed by atoms with van der Waals surface area (Å²) in [6, 6.07) is 12.3. The van der Waals surface area contributed by atoms with Crippen LogP contribution in [0.2, 0.25) is 0 Å². The normalized spacial score (nSPS) is 12.0. The first kappa shape index (κ1) is 18.4. The number of nitrogens with zero attached hydrogens (tertiary/aromatic N) is 3. The van der Waals surface area contributed by atoms with Gasteiger partial charge in [0.05, 0.1) is 6.61 Å². The number of rotatable bonds is 7. The first-order valence-corrected chi connectivity index (χ1v) is 10.2. The first-order chi connectivity index (χ1) is 12.4. The number of aromatic nitrogens is 3. The molecule has 1 aromatic heterocycles. The summed E-state index contributed by atoms with van der Waals surface area (Å²) in [6.07, 6.45) is 1.83. The fraction of sp³-hybridized carbons (Fsp3) is 0.368. The molecule has 0 amide bonds. The van der Waals surface area contributed by atoms with Crippen LogP contribution >= 0.6 is 0 Å². The van der Waals surface area contributed by atoms with Crippen molar-refractivity contribution in [2.24, 2.45) is 0 Å². The van der Waals surface area contributed by atoms with Crippen molar-refractivity contribution < 1.29 is 13.2 Å². The Morgan fingerprint density at radius 3 is 2.65 bits per heavy atom. The fourth-order valence-electron chi connectivity index (χ4n) is 2.65. The topological polar surface area (TPSA) is 74.1 Å². The molecule has 1 heterocycles. The molecular formula is C19H23N3O3S. The van der Waals surface area contributed by atoms with E-state index >= 15 is 0 Å². The zero-order valence-corrected chi connectivity index (χ0v) is 16.0. The van der Waals surface area contributed by atoms with E-state index in [0.717, 1.165) is 22.5 Å². The molecule has 3 aromatic rings. The van der Waals surface area contributed by atoms with Gasteiger partial charge in [-0.25, -0.2) is 0 Å². The Labute approximate surface area is 153 Å². The van der Waals surface area contributed by atoms with Crippen LogP contribution in [0.3, 0.4) is 0 Å². The van der Waals surface area contributed by atoms with Gasteiger partial charge in [0.1, 0.15) is 21.7 Å². The SMILES string of the molecule is CCCCOc1ccc(C(C)C)cc1S(=O)(=O)n1nnc2ccccc21. The second kappa shape index (κ2) is 7.45. The predicted octanol–water partition coefficient (Wildman–Crippen LogP) is 3.97. The van der Waals surface area contributed by atoms with Crippen LogP contribution in [0.5, 0.6) is 5.75 Å². The molecule has 7 heteroatoms. The van der Waals surface area contributed by atoms with Gasteiger partial charge in [0.15, 0.2) is 0 Å². The smallest absolute Gasteiger partial charge is 0.288 e. The highest BCUT2D eigenvalue weighted by molar-refractivity contribution is 7.90. The number of benzene rings is 2. The maximum Gasteiger partial charge on any atom is 0.288 e. The standard InChI is InChI=1S/C19H23N3O3S/c1-4-5-12-25-18-11-10-15(14(2)3)13-19(18)26(23,24)22-17-9-7-6-8-16(17)20-21-22/h6-11,13-14H,4-5,12H2,1-3H3. The molecule has 0 aliphatic heterocycles. The quantitative estimate of drug-likeness (QED) is 0.586. The fourth-order valence-corrected chi connectivity index (χ4v) is 4.05. The van der Waals surface area contributed by atoms with E-state index in [1.54, 1.807) is 36.4 Å². The minimum atomic E-state index is -3.93. The molecule has 26 heavy (non-hydrogen) atoms. The molecule has 0 atom stereocenters. The van der Waals surface area contributed by atoms with Gasteiger partial charge in [-0.3, -0.25) is 0 Å². The summed E-state index contributed by atoms with van der Waals surface area (Å²) in [6.45, 7) is 6.57. The molecule has 0 spiro atoms. The number of hydrogen-bond acceptors (Lipinski definition) is 5. The summed E-state index contributed by atoms with van der Waals surface area (Å²) in [5.74, 6) is 0.545. The third-order valence-corrected chi connectivity index (χ3v) is 5.82. The molecule has 0 radical (unpaired) electrons. The molecule has 3 rings (SSSR count). The van der Waals surface area contributed by atoms with Crippen LogP contribution in [-0.2, 0) is 10.0 Å². The molecule has 2 aromatic carbocycles. The van der Waals surface area contributed by atoms with E-state index in [1.807, 2.05) is 19.9 Å². The molecule has 138 valence electrons. The van der Waals surface area contributed by atoms with E-state index in [1.165, 1.54) is 0 Å². The van der Waals surface area contributed by atoms with Crippen molar-refractivity contribution >= 4 is 21.1 Å². The lowest BCUT2D eigenvalue weighted by Crippen LogP contribution is -2.16. The van der Waals surface area contributed by atoms with Gasteiger partial charge in [0.2, 0.25) is 0 Å². The van der Waals surface area contributed by atoms with Crippen molar-refractivity contribution in [2.45, 2.75) is 44.4 Å². The highest BCUT2D eigenvalue weighted by Gasteiger charge is 2.26. The van der Waals surface area contributed by atoms with Crippen LogP contribution in [0, 0.1) is 0 Å². The van der Waals surface area contributed by atoms with E-state index in [0.29, 0.717) is 23.4 Å². The third kappa shape index (κ3) is 3.44. The van der Waals surface area contributed by atoms with Crippen LogP contribution in [0.25, 0.3) is 11.0 Å². The highest BCUT2D eigenvalue weighted by atomic mass is 32.2. The van der Waals surface area contributed by atoms with Gasteiger partial charge in [-0.2, -0.15) is 8.42 Å². The van der Waals surface area contributed by atoms with Crippen molar-refractivity contribution in [3.63, 3.8) is 0 Å². The largest absolute Gasteiger partial charge is 0.492 e. The van der Waals surface area contributed by atoms with E-state index in [2.05, 4.69) is 17.2 Å². The number of fused-ring (bicyclic) bond motifs is 1. The second-order valence-electron chi connectivity index (χ2n) is 6.49. The van der Waals surface area contributed by atoms with Crippen molar-refractivity contribution in [2.75, 3.05) is 6.61 Å². The van der Waals surface area contributed by atoms with Crippen LogP contribution in [0.1, 0.15) is 45.1 Å². The average Bonchev–Trinajstić information content (AvgIpc) is 3.07. The lowest BCUT2D eigenvalue weighted by atomic mass is 10.0.